The van der Waals surface area contributed by atoms with Gasteiger partial charge in [0.2, 0.25) is 0 Å². The lowest BCUT2D eigenvalue weighted by Gasteiger charge is -2.14. The number of aromatic nitrogens is 1. The Morgan fingerprint density at radius 1 is 1.12 bits per heavy atom. The molecule has 1 N–H and O–H groups in total. The van der Waals surface area contributed by atoms with Crippen LogP contribution >= 0.6 is 11.6 Å². The van der Waals surface area contributed by atoms with Gasteiger partial charge in [0.1, 0.15) is 11.5 Å². The highest BCUT2D eigenvalue weighted by Gasteiger charge is 2.24. The zero-order valence-electron chi connectivity index (χ0n) is 14.0. The second kappa shape index (κ2) is 7.18. The molecule has 0 radical (unpaired) electrons. The van der Waals surface area contributed by atoms with Gasteiger partial charge in [0.05, 0.1) is 12.2 Å². The molecule has 26 heavy (non-hydrogen) atoms. The number of ether oxygens (including phenoxy) is 1. The molecule has 130 valence electrons. The molecule has 0 fully saturated rings. The SMILES string of the molecule is O=C(NC1CCc2cc(Cl)ccc21)c1ccc(Oc2cccnc2)cc1. The third kappa shape index (κ3) is 3.55. The van der Waals surface area contributed by atoms with Gasteiger partial charge >= 0.3 is 0 Å². The summed E-state index contributed by atoms with van der Waals surface area (Å²) < 4.78 is 5.70. The standard InChI is InChI=1S/C21H17ClN2O2/c22-16-6-9-19-15(12-16)5-10-20(19)24-21(25)14-3-7-17(8-4-14)26-18-2-1-11-23-13-18/h1-4,6-9,11-13,20H,5,10H2,(H,24,25). The average Bonchev–Trinajstić information content (AvgIpc) is 3.05. The van der Waals surface area contributed by atoms with Crippen molar-refractivity contribution in [1.82, 2.24) is 10.3 Å². The summed E-state index contributed by atoms with van der Waals surface area (Å²) in [5, 5.41) is 3.84. The zero-order chi connectivity index (χ0) is 17.9. The lowest BCUT2D eigenvalue weighted by molar-refractivity contribution is 0.0936. The van der Waals surface area contributed by atoms with E-state index in [1.54, 1.807) is 36.7 Å². The number of hydrogen-bond donors (Lipinski definition) is 1. The van der Waals surface area contributed by atoms with Crippen molar-refractivity contribution in [1.29, 1.82) is 0 Å². The molecule has 2 aromatic carbocycles. The van der Waals surface area contributed by atoms with Gasteiger partial charge in [-0.2, -0.15) is 0 Å². The Morgan fingerprint density at radius 3 is 2.73 bits per heavy atom. The molecule has 0 bridgehead atoms. The van der Waals surface area contributed by atoms with E-state index in [2.05, 4.69) is 10.3 Å². The molecule has 0 saturated heterocycles. The summed E-state index contributed by atoms with van der Waals surface area (Å²) in [6.07, 6.45) is 5.15. The Balaban J connectivity index is 1.43. The lowest BCUT2D eigenvalue weighted by Crippen LogP contribution is -2.27. The van der Waals surface area contributed by atoms with E-state index < -0.39 is 0 Å². The largest absolute Gasteiger partial charge is 0.456 e. The van der Waals surface area contributed by atoms with Crippen LogP contribution in [-0.4, -0.2) is 10.9 Å². The molecular formula is C21H17ClN2O2. The van der Waals surface area contributed by atoms with E-state index >= 15 is 0 Å². The average molecular weight is 365 g/mol. The molecule has 3 aromatic rings. The van der Waals surface area contributed by atoms with E-state index in [0.717, 1.165) is 23.4 Å². The van der Waals surface area contributed by atoms with E-state index in [1.165, 1.54) is 5.56 Å². The number of amides is 1. The summed E-state index contributed by atoms with van der Waals surface area (Å²) in [4.78, 5) is 16.6. The Labute approximate surface area is 156 Å². The number of aryl methyl sites for hydroxylation is 1. The number of hydrogen-bond acceptors (Lipinski definition) is 3. The molecule has 1 aliphatic carbocycles. The van der Waals surface area contributed by atoms with E-state index in [4.69, 9.17) is 16.3 Å². The highest BCUT2D eigenvalue weighted by atomic mass is 35.5. The van der Waals surface area contributed by atoms with Crippen LogP contribution in [0.1, 0.15) is 33.9 Å². The van der Waals surface area contributed by atoms with Crippen molar-refractivity contribution in [3.63, 3.8) is 0 Å². The molecule has 1 aromatic heterocycles. The van der Waals surface area contributed by atoms with Crippen LogP contribution in [0.3, 0.4) is 0 Å². The Morgan fingerprint density at radius 2 is 1.96 bits per heavy atom. The minimum atomic E-state index is -0.0919. The van der Waals surface area contributed by atoms with Gasteiger partial charge < -0.3 is 10.1 Å². The van der Waals surface area contributed by atoms with Gasteiger partial charge in [-0.25, -0.2) is 0 Å². The number of nitrogens with one attached hydrogen (secondary N) is 1. The molecule has 5 heteroatoms. The van der Waals surface area contributed by atoms with Crippen LogP contribution in [-0.2, 0) is 6.42 Å². The number of benzene rings is 2. The molecule has 0 spiro atoms. The van der Waals surface area contributed by atoms with Gasteiger partial charge in [0.25, 0.3) is 5.91 Å². The summed E-state index contributed by atoms with van der Waals surface area (Å²) in [7, 11) is 0. The number of halogens is 1. The van der Waals surface area contributed by atoms with Gasteiger partial charge in [-0.3, -0.25) is 9.78 Å². The highest BCUT2D eigenvalue weighted by molar-refractivity contribution is 6.30. The summed E-state index contributed by atoms with van der Waals surface area (Å²) in [6.45, 7) is 0. The first kappa shape index (κ1) is 16.6. The van der Waals surface area contributed by atoms with Crippen molar-refractivity contribution in [3.05, 3.63) is 88.7 Å². The Kier molecular flexibility index (Phi) is 4.59. The quantitative estimate of drug-likeness (QED) is 0.713. The number of carbonyl (C=O) groups excluding carboxylic acids is 1. The second-order valence-electron chi connectivity index (χ2n) is 6.22. The highest BCUT2D eigenvalue weighted by Crippen LogP contribution is 2.33. The summed E-state index contributed by atoms with van der Waals surface area (Å²) in [5.74, 6) is 1.23. The molecule has 4 nitrogen and oxygen atoms in total. The summed E-state index contributed by atoms with van der Waals surface area (Å²) in [5.41, 5.74) is 2.97. The third-order valence-electron chi connectivity index (χ3n) is 4.47. The Bertz CT molecular complexity index is 927. The van der Waals surface area contributed by atoms with Gasteiger partial charge in [-0.15, -0.1) is 0 Å². The fraction of sp³-hybridized carbons (Fsp3) is 0.143. The van der Waals surface area contributed by atoms with Crippen molar-refractivity contribution in [2.24, 2.45) is 0 Å². The van der Waals surface area contributed by atoms with Crippen LogP contribution < -0.4 is 10.1 Å². The van der Waals surface area contributed by atoms with Crippen molar-refractivity contribution in [2.75, 3.05) is 0 Å². The fourth-order valence-electron chi connectivity index (χ4n) is 3.20. The zero-order valence-corrected chi connectivity index (χ0v) is 14.7. The van der Waals surface area contributed by atoms with Crippen LogP contribution in [0.25, 0.3) is 0 Å². The summed E-state index contributed by atoms with van der Waals surface area (Å²) >= 11 is 6.04. The van der Waals surface area contributed by atoms with Gasteiger partial charge in [-0.05, 0) is 72.5 Å². The molecule has 1 amide bonds. The van der Waals surface area contributed by atoms with Crippen LogP contribution in [0, 0.1) is 0 Å². The van der Waals surface area contributed by atoms with Crippen LogP contribution in [0.2, 0.25) is 5.02 Å². The first-order valence-electron chi connectivity index (χ1n) is 8.46. The molecule has 4 rings (SSSR count). The molecule has 0 aliphatic heterocycles. The van der Waals surface area contributed by atoms with Crippen LogP contribution in [0.5, 0.6) is 11.5 Å². The maximum absolute atomic E-state index is 12.6. The number of fused-ring (bicyclic) bond motifs is 1. The number of carbonyl (C=O) groups is 1. The minimum absolute atomic E-state index is 0.0288. The maximum Gasteiger partial charge on any atom is 0.251 e. The maximum atomic E-state index is 12.6. The number of nitrogens with zero attached hydrogens (tertiary/aromatic N) is 1. The topological polar surface area (TPSA) is 51.2 Å². The van der Waals surface area contributed by atoms with E-state index in [-0.39, 0.29) is 11.9 Å². The Hall–Kier alpha value is -2.85. The third-order valence-corrected chi connectivity index (χ3v) is 4.71. The molecule has 1 atom stereocenters. The first-order chi connectivity index (χ1) is 12.7. The molecular weight excluding hydrogens is 348 g/mol. The number of rotatable bonds is 4. The van der Waals surface area contributed by atoms with Gasteiger partial charge in [-0.1, -0.05) is 17.7 Å². The number of pyridine rings is 1. The lowest BCUT2D eigenvalue weighted by atomic mass is 10.1. The molecule has 1 aliphatic rings. The van der Waals surface area contributed by atoms with Crippen molar-refractivity contribution in [3.8, 4) is 11.5 Å². The fourth-order valence-corrected chi connectivity index (χ4v) is 3.39. The van der Waals surface area contributed by atoms with Crippen molar-refractivity contribution >= 4 is 17.5 Å². The predicted octanol–water partition coefficient (Wildman–Crippen LogP) is 4.94. The van der Waals surface area contributed by atoms with Crippen molar-refractivity contribution < 1.29 is 9.53 Å². The smallest absolute Gasteiger partial charge is 0.251 e. The minimum Gasteiger partial charge on any atom is -0.456 e. The van der Waals surface area contributed by atoms with Gasteiger partial charge in [0, 0.05) is 16.8 Å². The van der Waals surface area contributed by atoms with E-state index in [0.29, 0.717) is 17.1 Å². The normalized spacial score (nSPS) is 15.3. The van der Waals surface area contributed by atoms with Gasteiger partial charge in [0.15, 0.2) is 0 Å². The van der Waals surface area contributed by atoms with E-state index in [9.17, 15) is 4.79 Å². The molecule has 1 heterocycles. The van der Waals surface area contributed by atoms with E-state index in [1.807, 2.05) is 30.3 Å². The molecule has 1 unspecified atom stereocenters. The second-order valence-corrected chi connectivity index (χ2v) is 6.66. The first-order valence-corrected chi connectivity index (χ1v) is 8.84. The molecule has 0 saturated carbocycles. The predicted molar refractivity (Wildman–Crippen MR) is 101 cm³/mol. The van der Waals surface area contributed by atoms with Crippen molar-refractivity contribution in [2.45, 2.75) is 18.9 Å². The summed E-state index contributed by atoms with van der Waals surface area (Å²) in [6, 6.07) is 16.6. The van der Waals surface area contributed by atoms with Crippen LogP contribution in [0.15, 0.2) is 67.0 Å². The van der Waals surface area contributed by atoms with Crippen LogP contribution in [0.4, 0.5) is 0 Å². The monoisotopic (exact) mass is 364 g/mol.